The monoisotopic (exact) mass is 445 g/mol. The van der Waals surface area contributed by atoms with Crippen LogP contribution in [0.5, 0.6) is 11.5 Å². The zero-order valence-corrected chi connectivity index (χ0v) is 20.5. The molecule has 1 atom stereocenters. The average molecular weight is 446 g/mol. The Hall–Kier alpha value is -2.15. The second kappa shape index (κ2) is 12.8. The van der Waals surface area contributed by atoms with Crippen molar-refractivity contribution in [1.82, 2.24) is 15.5 Å². The molecule has 180 valence electrons. The number of nitrogens with one attached hydrogen (secondary N) is 2. The Bertz CT molecular complexity index is 696. The van der Waals surface area contributed by atoms with Gasteiger partial charge in [0.05, 0.1) is 14.2 Å². The van der Waals surface area contributed by atoms with Gasteiger partial charge in [0, 0.05) is 63.2 Å². The number of unbranched alkanes of at least 4 members (excludes halogenated alkanes) is 1. The molecule has 2 aliphatic heterocycles. The van der Waals surface area contributed by atoms with Crippen molar-refractivity contribution in [2.75, 3.05) is 65.4 Å². The van der Waals surface area contributed by atoms with Crippen LogP contribution in [0.4, 0.5) is 5.69 Å². The molecule has 1 unspecified atom stereocenters. The highest BCUT2D eigenvalue weighted by Crippen LogP contribution is 2.30. The topological polar surface area (TPSA) is 61.4 Å². The molecule has 0 aliphatic carbocycles. The molecule has 0 saturated carbocycles. The van der Waals surface area contributed by atoms with Crippen LogP contribution in [-0.2, 0) is 0 Å². The second-order valence-corrected chi connectivity index (χ2v) is 9.23. The quantitative estimate of drug-likeness (QED) is 0.345. The number of guanidine groups is 1. The van der Waals surface area contributed by atoms with Gasteiger partial charge in [0.1, 0.15) is 11.5 Å². The first-order valence-corrected chi connectivity index (χ1v) is 12.3. The molecule has 3 rings (SSSR count). The molecule has 2 N–H and O–H groups in total. The first-order chi connectivity index (χ1) is 15.6. The van der Waals surface area contributed by atoms with Gasteiger partial charge in [-0.25, -0.2) is 0 Å². The molecule has 0 radical (unpaired) electrons. The Morgan fingerprint density at radius 3 is 2.38 bits per heavy atom. The van der Waals surface area contributed by atoms with E-state index in [1.807, 2.05) is 13.1 Å². The smallest absolute Gasteiger partial charge is 0.191 e. The fourth-order valence-corrected chi connectivity index (χ4v) is 4.80. The normalized spacial score (nSPS) is 20.8. The number of methoxy groups -OCH3 is 2. The Balaban J connectivity index is 1.35. The fraction of sp³-hybridized carbons (Fsp3) is 0.720. The minimum absolute atomic E-state index is 0.444. The Morgan fingerprint density at radius 1 is 1.03 bits per heavy atom. The van der Waals surface area contributed by atoms with Crippen LogP contribution in [0.2, 0.25) is 0 Å². The SMILES string of the molecule is CN=C(NCCCCN1CCCC(C)C1)NC1CCN(c2cc(OC)cc(OC)c2)CC1. The molecule has 0 amide bonds. The summed E-state index contributed by atoms with van der Waals surface area (Å²) >= 11 is 0. The number of hydrogen-bond acceptors (Lipinski definition) is 5. The van der Waals surface area contributed by atoms with Crippen molar-refractivity contribution in [2.45, 2.75) is 51.5 Å². The maximum absolute atomic E-state index is 5.42. The highest BCUT2D eigenvalue weighted by atomic mass is 16.5. The van der Waals surface area contributed by atoms with Crippen LogP contribution in [0, 0.1) is 5.92 Å². The van der Waals surface area contributed by atoms with Crippen molar-refractivity contribution in [3.05, 3.63) is 18.2 Å². The zero-order chi connectivity index (χ0) is 22.8. The van der Waals surface area contributed by atoms with E-state index in [-0.39, 0.29) is 0 Å². The lowest BCUT2D eigenvalue weighted by Crippen LogP contribution is -2.49. The van der Waals surface area contributed by atoms with E-state index in [9.17, 15) is 0 Å². The number of ether oxygens (including phenoxy) is 2. The standard InChI is InChI=1S/C25H43N5O2/c1-20-8-7-13-29(19-20)12-6-5-11-27-25(26-2)28-21-9-14-30(15-10-21)22-16-23(31-3)18-24(17-22)32-4/h16-18,20-21H,5-15,19H2,1-4H3,(H2,26,27,28). The summed E-state index contributed by atoms with van der Waals surface area (Å²) in [5.74, 6) is 3.46. The van der Waals surface area contributed by atoms with Crippen molar-refractivity contribution < 1.29 is 9.47 Å². The molecule has 2 aliphatic rings. The van der Waals surface area contributed by atoms with Gasteiger partial charge in [-0.15, -0.1) is 0 Å². The number of nitrogens with zero attached hydrogens (tertiary/aromatic N) is 3. The van der Waals surface area contributed by atoms with Crippen LogP contribution in [-0.4, -0.2) is 77.4 Å². The summed E-state index contributed by atoms with van der Waals surface area (Å²) in [5, 5.41) is 7.13. The van der Waals surface area contributed by atoms with Gasteiger partial charge in [0.15, 0.2) is 5.96 Å². The predicted octanol–water partition coefficient (Wildman–Crippen LogP) is 3.35. The highest BCUT2D eigenvalue weighted by molar-refractivity contribution is 5.80. The van der Waals surface area contributed by atoms with Gasteiger partial charge in [0.25, 0.3) is 0 Å². The number of anilines is 1. The molecule has 1 aromatic rings. The Labute approximate surface area is 194 Å². The number of hydrogen-bond donors (Lipinski definition) is 2. The summed E-state index contributed by atoms with van der Waals surface area (Å²) in [4.78, 5) is 9.47. The molecule has 0 bridgehead atoms. The Morgan fingerprint density at radius 2 is 1.75 bits per heavy atom. The lowest BCUT2D eigenvalue weighted by molar-refractivity contribution is 0.181. The molecule has 32 heavy (non-hydrogen) atoms. The van der Waals surface area contributed by atoms with Crippen molar-refractivity contribution in [2.24, 2.45) is 10.9 Å². The molecule has 2 heterocycles. The second-order valence-electron chi connectivity index (χ2n) is 9.23. The molecular weight excluding hydrogens is 402 g/mol. The lowest BCUT2D eigenvalue weighted by Gasteiger charge is -2.35. The number of benzene rings is 1. The minimum atomic E-state index is 0.444. The summed E-state index contributed by atoms with van der Waals surface area (Å²) < 4.78 is 10.8. The van der Waals surface area contributed by atoms with E-state index in [0.717, 1.165) is 61.5 Å². The van der Waals surface area contributed by atoms with Gasteiger partial charge in [-0.1, -0.05) is 6.92 Å². The first kappa shape index (κ1) is 24.5. The van der Waals surface area contributed by atoms with Crippen LogP contribution in [0.25, 0.3) is 0 Å². The van der Waals surface area contributed by atoms with Crippen molar-refractivity contribution in [1.29, 1.82) is 0 Å². The fourth-order valence-electron chi connectivity index (χ4n) is 4.80. The minimum Gasteiger partial charge on any atom is -0.497 e. The van der Waals surface area contributed by atoms with Crippen LogP contribution < -0.4 is 25.0 Å². The van der Waals surface area contributed by atoms with Crippen LogP contribution in [0.1, 0.15) is 45.4 Å². The van der Waals surface area contributed by atoms with Crippen LogP contribution >= 0.6 is 0 Å². The summed E-state index contributed by atoms with van der Waals surface area (Å²) in [6, 6.07) is 6.53. The molecule has 7 nitrogen and oxygen atoms in total. The van der Waals surface area contributed by atoms with Gasteiger partial charge < -0.3 is 29.9 Å². The lowest BCUT2D eigenvalue weighted by atomic mass is 10.0. The molecule has 1 aromatic carbocycles. The summed E-state index contributed by atoms with van der Waals surface area (Å²) in [6.07, 6.45) is 7.34. The Kier molecular flexibility index (Phi) is 9.78. The highest BCUT2D eigenvalue weighted by Gasteiger charge is 2.21. The first-order valence-electron chi connectivity index (χ1n) is 12.3. The molecular formula is C25H43N5O2. The molecule has 2 saturated heterocycles. The van der Waals surface area contributed by atoms with E-state index in [0.29, 0.717) is 6.04 Å². The molecule has 0 aromatic heterocycles. The molecule has 2 fully saturated rings. The van der Waals surface area contributed by atoms with Crippen LogP contribution in [0.3, 0.4) is 0 Å². The molecule has 7 heteroatoms. The van der Waals surface area contributed by atoms with Gasteiger partial charge >= 0.3 is 0 Å². The van der Waals surface area contributed by atoms with Gasteiger partial charge in [-0.3, -0.25) is 4.99 Å². The van der Waals surface area contributed by atoms with E-state index in [1.165, 1.54) is 45.3 Å². The van der Waals surface area contributed by atoms with Crippen molar-refractivity contribution in [3.8, 4) is 11.5 Å². The van der Waals surface area contributed by atoms with E-state index in [1.54, 1.807) is 14.2 Å². The number of piperidine rings is 2. The van der Waals surface area contributed by atoms with Gasteiger partial charge in [0.2, 0.25) is 0 Å². The third-order valence-electron chi connectivity index (χ3n) is 6.70. The van der Waals surface area contributed by atoms with E-state index >= 15 is 0 Å². The van der Waals surface area contributed by atoms with Gasteiger partial charge in [-0.05, 0) is 57.5 Å². The summed E-state index contributed by atoms with van der Waals surface area (Å²) in [7, 11) is 5.25. The third-order valence-corrected chi connectivity index (χ3v) is 6.70. The molecule has 0 spiro atoms. The predicted molar refractivity (Wildman–Crippen MR) is 133 cm³/mol. The van der Waals surface area contributed by atoms with Crippen molar-refractivity contribution >= 4 is 11.6 Å². The average Bonchev–Trinajstić information content (AvgIpc) is 2.83. The third kappa shape index (κ3) is 7.47. The zero-order valence-electron chi connectivity index (χ0n) is 20.5. The number of likely N-dealkylation sites (tertiary alicyclic amines) is 1. The summed E-state index contributed by atoms with van der Waals surface area (Å²) in [5.41, 5.74) is 1.16. The van der Waals surface area contributed by atoms with Crippen LogP contribution in [0.15, 0.2) is 23.2 Å². The summed E-state index contributed by atoms with van der Waals surface area (Å²) in [6.45, 7) is 9.14. The van der Waals surface area contributed by atoms with E-state index in [4.69, 9.17) is 9.47 Å². The largest absolute Gasteiger partial charge is 0.497 e. The maximum atomic E-state index is 5.42. The number of rotatable bonds is 9. The number of aliphatic imine (C=N–C) groups is 1. The van der Waals surface area contributed by atoms with Gasteiger partial charge in [-0.2, -0.15) is 0 Å². The maximum Gasteiger partial charge on any atom is 0.191 e. The van der Waals surface area contributed by atoms with Crippen molar-refractivity contribution in [3.63, 3.8) is 0 Å². The van der Waals surface area contributed by atoms with E-state index < -0.39 is 0 Å². The van der Waals surface area contributed by atoms with E-state index in [2.05, 4.69) is 44.5 Å².